The number of benzene rings is 10. The fourth-order valence-corrected chi connectivity index (χ4v) is 8.81. The molecule has 282 valence electrons. The van der Waals surface area contributed by atoms with Crippen LogP contribution in [0, 0.1) is 0 Å². The molecule has 10 rings (SSSR count). The maximum Gasteiger partial charge on any atom is 0.0473 e. The van der Waals surface area contributed by atoms with Gasteiger partial charge in [0.2, 0.25) is 0 Å². The SMILES string of the molecule is CC(C)(C)c1ccc(N(c2ccc3ccccc3c2)c2cc3ccc4cc(N(c5ccc(C(C)(C)C)cc5)c5ccc6ccccc6c5)cc5ccc(c2)c3c45)cc1. The molecule has 0 aromatic heterocycles. The first kappa shape index (κ1) is 35.8. The molecule has 0 unspecified atom stereocenters. The molecule has 0 amide bonds. The zero-order chi connectivity index (χ0) is 39.8. The Kier molecular flexibility index (Phi) is 8.32. The van der Waals surface area contributed by atoms with E-state index in [2.05, 4.69) is 233 Å². The molecule has 0 saturated heterocycles. The van der Waals surface area contributed by atoms with Gasteiger partial charge in [-0.05, 0) is 149 Å². The maximum atomic E-state index is 2.41. The zero-order valence-corrected chi connectivity index (χ0v) is 34.2. The molecule has 0 spiro atoms. The molecule has 0 aliphatic carbocycles. The molecule has 0 N–H and O–H groups in total. The van der Waals surface area contributed by atoms with Crippen LogP contribution in [0.25, 0.3) is 53.9 Å². The van der Waals surface area contributed by atoms with Crippen LogP contribution in [0.2, 0.25) is 0 Å². The van der Waals surface area contributed by atoms with Crippen molar-refractivity contribution in [1.29, 1.82) is 0 Å². The number of hydrogen-bond donors (Lipinski definition) is 0. The Labute approximate surface area is 341 Å². The fourth-order valence-electron chi connectivity index (χ4n) is 8.81. The van der Waals surface area contributed by atoms with Gasteiger partial charge in [-0.15, -0.1) is 0 Å². The van der Waals surface area contributed by atoms with E-state index in [1.807, 2.05) is 0 Å². The van der Waals surface area contributed by atoms with Crippen LogP contribution in [0.1, 0.15) is 52.7 Å². The van der Waals surface area contributed by atoms with Crippen LogP contribution in [-0.2, 0) is 10.8 Å². The number of fused-ring (bicyclic) bond motifs is 2. The minimum absolute atomic E-state index is 0.0756. The van der Waals surface area contributed by atoms with Crippen molar-refractivity contribution in [1.82, 2.24) is 0 Å². The van der Waals surface area contributed by atoms with E-state index in [1.54, 1.807) is 0 Å². The van der Waals surface area contributed by atoms with Crippen molar-refractivity contribution in [3.05, 3.63) is 193 Å². The van der Waals surface area contributed by atoms with Crippen molar-refractivity contribution in [2.24, 2.45) is 0 Å². The van der Waals surface area contributed by atoms with E-state index < -0.39 is 0 Å². The normalized spacial score (nSPS) is 12.3. The van der Waals surface area contributed by atoms with Gasteiger partial charge in [-0.1, -0.05) is 151 Å². The molecule has 0 bridgehead atoms. The highest BCUT2D eigenvalue weighted by atomic mass is 15.1. The van der Waals surface area contributed by atoms with E-state index in [0.29, 0.717) is 0 Å². The van der Waals surface area contributed by atoms with Gasteiger partial charge >= 0.3 is 0 Å². The first-order valence-corrected chi connectivity index (χ1v) is 20.5. The average molecular weight is 749 g/mol. The highest BCUT2D eigenvalue weighted by Gasteiger charge is 2.21. The minimum Gasteiger partial charge on any atom is -0.310 e. The van der Waals surface area contributed by atoms with Crippen molar-refractivity contribution in [3.63, 3.8) is 0 Å². The van der Waals surface area contributed by atoms with E-state index in [4.69, 9.17) is 0 Å². The topological polar surface area (TPSA) is 6.48 Å². The van der Waals surface area contributed by atoms with Crippen LogP contribution in [0.15, 0.2) is 182 Å². The Balaban J connectivity index is 1.13. The van der Waals surface area contributed by atoms with E-state index in [1.165, 1.54) is 65.0 Å². The van der Waals surface area contributed by atoms with Crippen LogP contribution in [0.5, 0.6) is 0 Å². The molecule has 58 heavy (non-hydrogen) atoms. The second kappa shape index (κ2) is 13.5. The van der Waals surface area contributed by atoms with Gasteiger partial charge in [0.05, 0.1) is 0 Å². The molecule has 0 radical (unpaired) electrons. The lowest BCUT2D eigenvalue weighted by molar-refractivity contribution is 0.590. The quantitative estimate of drug-likeness (QED) is 0.156. The second-order valence-electron chi connectivity index (χ2n) is 18.0. The van der Waals surface area contributed by atoms with Crippen molar-refractivity contribution in [2.45, 2.75) is 52.4 Å². The largest absolute Gasteiger partial charge is 0.310 e. The molecule has 2 nitrogen and oxygen atoms in total. The Morgan fingerprint density at radius 1 is 0.259 bits per heavy atom. The molecule has 0 saturated carbocycles. The van der Waals surface area contributed by atoms with Gasteiger partial charge in [0.25, 0.3) is 0 Å². The van der Waals surface area contributed by atoms with Crippen LogP contribution >= 0.6 is 0 Å². The van der Waals surface area contributed by atoms with Gasteiger partial charge in [0.1, 0.15) is 0 Å². The van der Waals surface area contributed by atoms with E-state index in [9.17, 15) is 0 Å². The summed E-state index contributed by atoms with van der Waals surface area (Å²) in [4.78, 5) is 4.83. The predicted molar refractivity (Wildman–Crippen MR) is 252 cm³/mol. The van der Waals surface area contributed by atoms with Crippen molar-refractivity contribution in [2.75, 3.05) is 9.80 Å². The number of rotatable bonds is 6. The van der Waals surface area contributed by atoms with Gasteiger partial charge < -0.3 is 9.80 Å². The summed E-state index contributed by atoms with van der Waals surface area (Å²) in [7, 11) is 0. The summed E-state index contributed by atoms with van der Waals surface area (Å²) in [5.74, 6) is 0. The first-order chi connectivity index (χ1) is 28.0. The summed E-state index contributed by atoms with van der Waals surface area (Å²) in [5.41, 5.74) is 9.66. The molecule has 0 atom stereocenters. The molecule has 0 aliphatic rings. The van der Waals surface area contributed by atoms with Crippen molar-refractivity contribution >= 4 is 88.0 Å². The molecule has 0 heterocycles. The number of nitrogens with zero attached hydrogens (tertiary/aromatic N) is 2. The Morgan fingerprint density at radius 2 is 0.534 bits per heavy atom. The zero-order valence-electron chi connectivity index (χ0n) is 34.2. The molecular formula is C56H48N2. The van der Waals surface area contributed by atoms with Crippen LogP contribution < -0.4 is 9.80 Å². The van der Waals surface area contributed by atoms with Gasteiger partial charge in [-0.2, -0.15) is 0 Å². The third kappa shape index (κ3) is 6.30. The molecule has 2 heteroatoms. The van der Waals surface area contributed by atoms with Gasteiger partial charge in [-0.25, -0.2) is 0 Å². The molecule has 0 fully saturated rings. The first-order valence-electron chi connectivity index (χ1n) is 20.5. The summed E-state index contributed by atoms with van der Waals surface area (Å²) in [6, 6.07) is 67.9. The second-order valence-corrected chi connectivity index (χ2v) is 18.0. The summed E-state index contributed by atoms with van der Waals surface area (Å²) in [6.07, 6.45) is 0. The molecular weight excluding hydrogens is 701 g/mol. The van der Waals surface area contributed by atoms with Crippen LogP contribution in [0.4, 0.5) is 34.1 Å². The molecule has 10 aromatic rings. The Morgan fingerprint density at radius 3 is 0.862 bits per heavy atom. The Bertz CT molecular complexity index is 2840. The van der Waals surface area contributed by atoms with E-state index >= 15 is 0 Å². The third-order valence-electron chi connectivity index (χ3n) is 12.0. The fraction of sp³-hybridized carbons (Fsp3) is 0.143. The average Bonchev–Trinajstić information content (AvgIpc) is 3.22. The van der Waals surface area contributed by atoms with E-state index in [0.717, 1.165) is 34.1 Å². The summed E-state index contributed by atoms with van der Waals surface area (Å²) < 4.78 is 0. The van der Waals surface area contributed by atoms with Crippen molar-refractivity contribution < 1.29 is 0 Å². The van der Waals surface area contributed by atoms with E-state index in [-0.39, 0.29) is 10.8 Å². The van der Waals surface area contributed by atoms with Gasteiger partial charge in [0, 0.05) is 34.1 Å². The lowest BCUT2D eigenvalue weighted by Crippen LogP contribution is -2.13. The standard InChI is InChI=1S/C56H48N2/c1-55(2,3)45-21-27-47(28-22-45)57(49-25-19-37-11-7-9-13-39(37)31-49)51-33-41-15-17-43-35-52(36-44-18-16-42(34-51)53(41)54(43)44)58(48-29-23-46(24-30-48)56(4,5)6)50-26-20-38-12-8-10-14-40(38)32-50/h7-36H,1-6H3. The van der Waals surface area contributed by atoms with Crippen molar-refractivity contribution in [3.8, 4) is 0 Å². The smallest absolute Gasteiger partial charge is 0.0473 e. The molecule has 0 aliphatic heterocycles. The summed E-state index contributed by atoms with van der Waals surface area (Å²) in [6.45, 7) is 13.6. The lowest BCUT2D eigenvalue weighted by atomic mass is 9.87. The number of hydrogen-bond acceptors (Lipinski definition) is 2. The number of anilines is 6. The predicted octanol–water partition coefficient (Wildman–Crippen LogP) is 16.4. The minimum atomic E-state index is 0.0756. The summed E-state index contributed by atoms with van der Waals surface area (Å²) >= 11 is 0. The third-order valence-corrected chi connectivity index (χ3v) is 12.0. The Hall–Kier alpha value is -6.64. The van der Waals surface area contributed by atoms with Gasteiger partial charge in [-0.3, -0.25) is 0 Å². The lowest BCUT2D eigenvalue weighted by Gasteiger charge is -2.29. The summed E-state index contributed by atoms with van der Waals surface area (Å²) in [5, 5.41) is 12.5. The highest BCUT2D eigenvalue weighted by molar-refractivity contribution is 6.24. The van der Waals surface area contributed by atoms with Gasteiger partial charge in [0.15, 0.2) is 0 Å². The van der Waals surface area contributed by atoms with Crippen LogP contribution in [-0.4, -0.2) is 0 Å². The maximum absolute atomic E-state index is 2.41. The monoisotopic (exact) mass is 748 g/mol. The molecule has 10 aromatic carbocycles. The highest BCUT2D eigenvalue weighted by Crippen LogP contribution is 2.45. The van der Waals surface area contributed by atoms with Crippen LogP contribution in [0.3, 0.4) is 0 Å².